The van der Waals surface area contributed by atoms with Crippen molar-refractivity contribution in [3.8, 4) is 5.75 Å². The Morgan fingerprint density at radius 2 is 1.67 bits per heavy atom. The number of aromatic hydroxyl groups is 1. The highest BCUT2D eigenvalue weighted by Gasteiger charge is 2.31. The Morgan fingerprint density at radius 1 is 1.07 bits per heavy atom. The van der Waals surface area contributed by atoms with Gasteiger partial charge in [-0.2, -0.15) is 25.3 Å². The molecule has 11 heteroatoms. The summed E-state index contributed by atoms with van der Waals surface area (Å²) in [4.78, 5) is 47.5. The fourth-order valence-electron chi connectivity index (χ4n) is 2.71. The first-order valence-corrected chi connectivity index (χ1v) is 10.3. The van der Waals surface area contributed by atoms with Gasteiger partial charge in [0, 0.05) is 12.5 Å². The molecule has 166 valence electrons. The van der Waals surface area contributed by atoms with Gasteiger partial charge in [-0.05, 0) is 36.3 Å². The lowest BCUT2D eigenvalue weighted by Gasteiger charge is -2.23. The summed E-state index contributed by atoms with van der Waals surface area (Å²) in [5.74, 6) is -4.95. The summed E-state index contributed by atoms with van der Waals surface area (Å²) < 4.78 is 0. The van der Waals surface area contributed by atoms with Gasteiger partial charge in [0.15, 0.2) is 5.78 Å². The average molecular weight is 459 g/mol. The van der Waals surface area contributed by atoms with Gasteiger partial charge in [-0.1, -0.05) is 12.1 Å². The second-order valence-electron chi connectivity index (χ2n) is 6.86. The predicted molar refractivity (Wildman–Crippen MR) is 116 cm³/mol. The molecule has 9 nitrogen and oxygen atoms in total. The number of carboxylic acids is 2. The number of hydrogen-bond acceptors (Lipinski definition) is 8. The van der Waals surface area contributed by atoms with Crippen LogP contribution in [0.1, 0.15) is 24.8 Å². The molecule has 0 aliphatic rings. The number of nitrogens with two attached hydrogens (primary N) is 1. The molecule has 0 bridgehead atoms. The Morgan fingerprint density at radius 3 is 2.17 bits per heavy atom. The van der Waals surface area contributed by atoms with E-state index in [0.717, 1.165) is 0 Å². The Balaban J connectivity index is 3.02. The minimum absolute atomic E-state index is 0.0196. The van der Waals surface area contributed by atoms with Gasteiger partial charge in [-0.25, -0.2) is 0 Å². The van der Waals surface area contributed by atoms with Crippen LogP contribution < -0.4 is 11.1 Å². The molecule has 1 rings (SSSR count). The second kappa shape index (κ2) is 12.5. The molecule has 0 saturated heterocycles. The zero-order valence-corrected chi connectivity index (χ0v) is 17.9. The van der Waals surface area contributed by atoms with Crippen LogP contribution in [-0.2, 0) is 25.6 Å². The first-order chi connectivity index (χ1) is 14.0. The van der Waals surface area contributed by atoms with E-state index in [1.807, 2.05) is 0 Å². The van der Waals surface area contributed by atoms with Gasteiger partial charge >= 0.3 is 11.9 Å². The zero-order valence-electron chi connectivity index (χ0n) is 16.1. The van der Waals surface area contributed by atoms with Crippen molar-refractivity contribution in [3.05, 3.63) is 29.8 Å². The summed E-state index contributed by atoms with van der Waals surface area (Å²) in [6.45, 7) is 0. The van der Waals surface area contributed by atoms with Gasteiger partial charge in [0.2, 0.25) is 5.91 Å². The lowest BCUT2D eigenvalue weighted by Crippen LogP contribution is -2.50. The van der Waals surface area contributed by atoms with Crippen molar-refractivity contribution in [3.63, 3.8) is 0 Å². The highest BCUT2D eigenvalue weighted by molar-refractivity contribution is 7.82. The molecule has 6 N–H and O–H groups in total. The fraction of sp³-hybridized carbons (Fsp3) is 0.474. The van der Waals surface area contributed by atoms with Crippen molar-refractivity contribution in [2.24, 2.45) is 11.7 Å². The maximum Gasteiger partial charge on any atom is 0.307 e. The number of amides is 1. The molecule has 30 heavy (non-hydrogen) atoms. The molecular formula is C19H26N2O7S2. The molecule has 0 saturated carbocycles. The maximum atomic E-state index is 12.8. The highest BCUT2D eigenvalue weighted by atomic mass is 32.1. The van der Waals surface area contributed by atoms with Crippen molar-refractivity contribution in [2.45, 2.75) is 43.0 Å². The summed E-state index contributed by atoms with van der Waals surface area (Å²) in [7, 11) is 0. The van der Waals surface area contributed by atoms with E-state index in [0.29, 0.717) is 17.7 Å². The molecule has 0 aromatic heterocycles. The van der Waals surface area contributed by atoms with E-state index < -0.39 is 59.7 Å². The van der Waals surface area contributed by atoms with Crippen LogP contribution in [0, 0.1) is 5.92 Å². The van der Waals surface area contributed by atoms with Crippen LogP contribution in [0.25, 0.3) is 0 Å². The summed E-state index contributed by atoms with van der Waals surface area (Å²) in [5, 5.41) is 29.1. The Bertz CT molecular complexity index is 758. The summed E-state index contributed by atoms with van der Waals surface area (Å²) in [6.07, 6.45) is -0.846. The van der Waals surface area contributed by atoms with E-state index in [1.165, 1.54) is 12.1 Å². The van der Waals surface area contributed by atoms with Crippen molar-refractivity contribution in [2.75, 3.05) is 5.75 Å². The highest BCUT2D eigenvalue weighted by Crippen LogP contribution is 2.16. The van der Waals surface area contributed by atoms with Crippen LogP contribution in [0.2, 0.25) is 0 Å². The Kier molecular flexibility index (Phi) is 10.7. The molecule has 0 spiro atoms. The summed E-state index contributed by atoms with van der Waals surface area (Å²) >= 11 is 8.26. The molecule has 0 aliphatic carbocycles. The van der Waals surface area contributed by atoms with E-state index in [1.54, 1.807) is 12.1 Å². The number of hydrogen-bond donors (Lipinski definition) is 7. The molecule has 0 fully saturated rings. The van der Waals surface area contributed by atoms with Crippen LogP contribution in [0.3, 0.4) is 0 Å². The number of rotatable bonds is 13. The van der Waals surface area contributed by atoms with Crippen LogP contribution >= 0.6 is 25.3 Å². The molecule has 0 unspecified atom stereocenters. The number of thiol groups is 2. The Labute approximate surface area is 184 Å². The van der Waals surface area contributed by atoms with Gasteiger partial charge < -0.3 is 26.4 Å². The number of ketones is 1. The third-order valence-electron chi connectivity index (χ3n) is 4.44. The number of Topliss-reactive ketones (excluding diaryl/α,β-unsaturated/α-hetero) is 1. The molecule has 4 atom stereocenters. The first-order valence-electron chi connectivity index (χ1n) is 9.15. The molecule has 1 aromatic rings. The topological polar surface area (TPSA) is 167 Å². The van der Waals surface area contributed by atoms with Crippen LogP contribution in [0.4, 0.5) is 0 Å². The maximum absolute atomic E-state index is 12.8. The minimum Gasteiger partial charge on any atom is -0.508 e. The molecule has 1 amide bonds. The third-order valence-corrected chi connectivity index (χ3v) is 5.31. The molecule has 0 heterocycles. The van der Waals surface area contributed by atoms with E-state index in [-0.39, 0.29) is 12.2 Å². The third kappa shape index (κ3) is 8.64. The first kappa shape index (κ1) is 25.8. The second-order valence-corrected chi connectivity index (χ2v) is 7.86. The number of phenols is 1. The predicted octanol–water partition coefficient (Wildman–Crippen LogP) is 0.500. The smallest absolute Gasteiger partial charge is 0.307 e. The van der Waals surface area contributed by atoms with E-state index in [9.17, 15) is 29.4 Å². The standard InChI is InChI=1S/C19H26N2O7S2/c20-13(5-6-29)17(30)18(26)21-14(7-10-1-3-12(22)4-2-10)15(23)8-11(19(27)28)9-16(24)25/h1-4,11,13-14,17,22,29-30H,5-9,20H2,(H,21,26)(H,24,25)(H,27,28)/t11-,13+,14-,17+/m0/s1. The molecule has 0 radical (unpaired) electrons. The molecular weight excluding hydrogens is 432 g/mol. The lowest BCUT2D eigenvalue weighted by molar-refractivity contribution is -0.149. The van der Waals surface area contributed by atoms with Crippen molar-refractivity contribution in [1.82, 2.24) is 5.32 Å². The van der Waals surface area contributed by atoms with Crippen LogP contribution in [-0.4, -0.2) is 62.0 Å². The van der Waals surface area contributed by atoms with Crippen molar-refractivity contribution in [1.29, 1.82) is 0 Å². The van der Waals surface area contributed by atoms with Crippen molar-refractivity contribution < 1.29 is 34.5 Å². The number of nitrogens with one attached hydrogen (secondary N) is 1. The normalized spacial score (nSPS) is 14.9. The van der Waals surface area contributed by atoms with E-state index in [4.69, 9.17) is 10.8 Å². The number of aliphatic carboxylic acids is 2. The summed E-state index contributed by atoms with van der Waals surface area (Å²) in [5.41, 5.74) is 6.49. The van der Waals surface area contributed by atoms with Gasteiger partial charge in [-0.3, -0.25) is 19.2 Å². The Hall–Kier alpha value is -2.24. The number of carbonyl (C=O) groups excluding carboxylic acids is 2. The van der Waals surface area contributed by atoms with Gasteiger partial charge in [0.05, 0.1) is 23.6 Å². The van der Waals surface area contributed by atoms with Gasteiger partial charge in [0.1, 0.15) is 5.75 Å². The van der Waals surface area contributed by atoms with Gasteiger partial charge in [0.25, 0.3) is 0 Å². The number of carboxylic acid groups (broad SMARTS) is 2. The summed E-state index contributed by atoms with van der Waals surface area (Å²) in [6, 6.07) is 4.21. The quantitative estimate of drug-likeness (QED) is 0.210. The van der Waals surface area contributed by atoms with Crippen molar-refractivity contribution >= 4 is 48.9 Å². The van der Waals surface area contributed by atoms with E-state index >= 15 is 0 Å². The van der Waals surface area contributed by atoms with E-state index in [2.05, 4.69) is 30.6 Å². The van der Waals surface area contributed by atoms with Gasteiger partial charge in [-0.15, -0.1) is 0 Å². The average Bonchev–Trinajstić information content (AvgIpc) is 2.67. The van der Waals surface area contributed by atoms with Crippen LogP contribution in [0.5, 0.6) is 5.75 Å². The zero-order chi connectivity index (χ0) is 22.8. The monoisotopic (exact) mass is 458 g/mol. The molecule has 0 aliphatic heterocycles. The fourth-order valence-corrected chi connectivity index (χ4v) is 3.24. The number of carbonyl (C=O) groups is 4. The number of benzene rings is 1. The van der Waals surface area contributed by atoms with Crippen LogP contribution in [0.15, 0.2) is 24.3 Å². The SMILES string of the molecule is N[C@H](CCS)[C@@H](S)C(=O)N[C@@H](Cc1ccc(O)cc1)C(=O)C[C@@H](CC(=O)O)C(=O)O. The lowest BCUT2D eigenvalue weighted by atomic mass is 9.92. The number of phenolic OH excluding ortho intramolecular Hbond substituents is 1. The molecule has 1 aromatic carbocycles. The largest absolute Gasteiger partial charge is 0.508 e. The minimum atomic E-state index is -1.42.